The minimum atomic E-state index is -3.67. The van der Waals surface area contributed by atoms with E-state index >= 15 is 0 Å². The van der Waals surface area contributed by atoms with Gasteiger partial charge in [0.2, 0.25) is 10.0 Å². The van der Waals surface area contributed by atoms with Gasteiger partial charge in [0.15, 0.2) is 0 Å². The lowest BCUT2D eigenvalue weighted by Crippen LogP contribution is -2.33. The average molecular weight is 445 g/mol. The molecule has 0 aliphatic carbocycles. The fourth-order valence-electron chi connectivity index (χ4n) is 3.86. The maximum atomic E-state index is 13.1. The standard InChI is InChI=1S/C22H25FN4O3S/c23-18-9-7-17(8-10-18)16-31(29,30)24-15-21-19-5-1-2-6-20(19)22(28)27(25-21)14-13-26-11-3-4-12-26/h1-2,5-10,24H,3-4,11-16H2. The van der Waals surface area contributed by atoms with Crippen molar-refractivity contribution in [2.75, 3.05) is 19.6 Å². The first-order chi connectivity index (χ1) is 14.9. The van der Waals surface area contributed by atoms with Crippen LogP contribution in [0.4, 0.5) is 4.39 Å². The Morgan fingerprint density at radius 2 is 1.65 bits per heavy atom. The predicted molar refractivity (Wildman–Crippen MR) is 118 cm³/mol. The zero-order valence-electron chi connectivity index (χ0n) is 17.1. The SMILES string of the molecule is O=c1c2ccccc2c(CNS(=O)(=O)Cc2ccc(F)cc2)nn1CCN1CCCC1. The number of benzene rings is 2. The van der Waals surface area contributed by atoms with Crippen LogP contribution in [0.5, 0.6) is 0 Å². The molecule has 1 fully saturated rings. The van der Waals surface area contributed by atoms with E-state index in [1.54, 1.807) is 24.3 Å². The molecule has 0 radical (unpaired) electrons. The van der Waals surface area contributed by atoms with E-state index in [9.17, 15) is 17.6 Å². The number of fused-ring (bicyclic) bond motifs is 1. The van der Waals surface area contributed by atoms with E-state index in [1.807, 2.05) is 0 Å². The molecule has 2 heterocycles. The first-order valence-electron chi connectivity index (χ1n) is 10.3. The van der Waals surface area contributed by atoms with Gasteiger partial charge in [0.1, 0.15) is 5.82 Å². The molecular weight excluding hydrogens is 419 g/mol. The maximum Gasteiger partial charge on any atom is 0.274 e. The third kappa shape index (κ3) is 5.36. The molecular formula is C22H25FN4O3S. The van der Waals surface area contributed by atoms with Gasteiger partial charge in [0, 0.05) is 11.9 Å². The fraction of sp³-hybridized carbons (Fsp3) is 0.364. The quantitative estimate of drug-likeness (QED) is 0.576. The van der Waals surface area contributed by atoms with Crippen molar-refractivity contribution in [2.24, 2.45) is 0 Å². The summed E-state index contributed by atoms with van der Waals surface area (Å²) in [5.74, 6) is -0.680. The van der Waals surface area contributed by atoms with Crippen LogP contribution in [0.25, 0.3) is 10.8 Å². The Kier molecular flexibility index (Phi) is 6.45. The van der Waals surface area contributed by atoms with Crippen molar-refractivity contribution in [1.82, 2.24) is 19.4 Å². The molecule has 4 rings (SSSR count). The van der Waals surface area contributed by atoms with Crippen molar-refractivity contribution < 1.29 is 12.8 Å². The molecule has 7 nitrogen and oxygen atoms in total. The summed E-state index contributed by atoms with van der Waals surface area (Å²) in [5.41, 5.74) is 0.814. The Bertz CT molecular complexity index is 1220. The number of sulfonamides is 1. The summed E-state index contributed by atoms with van der Waals surface area (Å²) >= 11 is 0. The molecule has 1 aromatic heterocycles. The summed E-state index contributed by atoms with van der Waals surface area (Å²) in [6.45, 7) is 3.21. The van der Waals surface area contributed by atoms with E-state index in [1.165, 1.54) is 41.8 Å². The number of hydrogen-bond acceptors (Lipinski definition) is 5. The van der Waals surface area contributed by atoms with Gasteiger partial charge >= 0.3 is 0 Å². The zero-order chi connectivity index (χ0) is 21.8. The highest BCUT2D eigenvalue weighted by atomic mass is 32.2. The first-order valence-corrected chi connectivity index (χ1v) is 12.0. The molecule has 3 aromatic rings. The van der Waals surface area contributed by atoms with Crippen LogP contribution >= 0.6 is 0 Å². The van der Waals surface area contributed by atoms with Crippen LogP contribution in [-0.2, 0) is 28.9 Å². The Morgan fingerprint density at radius 1 is 0.968 bits per heavy atom. The molecule has 0 spiro atoms. The van der Waals surface area contributed by atoms with Crippen LogP contribution in [0, 0.1) is 5.82 Å². The van der Waals surface area contributed by atoms with Gasteiger partial charge in [-0.2, -0.15) is 5.10 Å². The number of rotatable bonds is 8. The summed E-state index contributed by atoms with van der Waals surface area (Å²) in [6.07, 6.45) is 2.34. The molecule has 31 heavy (non-hydrogen) atoms. The van der Waals surface area contributed by atoms with Crippen LogP contribution in [0.3, 0.4) is 0 Å². The van der Waals surface area contributed by atoms with Gasteiger partial charge in [-0.3, -0.25) is 4.79 Å². The number of likely N-dealkylation sites (tertiary alicyclic amines) is 1. The fourth-order valence-corrected chi connectivity index (χ4v) is 4.95. The second kappa shape index (κ2) is 9.25. The van der Waals surface area contributed by atoms with Gasteiger partial charge in [0.25, 0.3) is 5.56 Å². The molecule has 1 aliphatic rings. The Balaban J connectivity index is 1.54. The number of halogens is 1. The average Bonchev–Trinajstić information content (AvgIpc) is 3.28. The third-order valence-corrected chi connectivity index (χ3v) is 6.80. The number of nitrogens with zero attached hydrogens (tertiary/aromatic N) is 3. The van der Waals surface area contributed by atoms with Crippen LogP contribution in [0.1, 0.15) is 24.1 Å². The van der Waals surface area contributed by atoms with Crippen LogP contribution in [0.15, 0.2) is 53.3 Å². The smallest absolute Gasteiger partial charge is 0.274 e. The third-order valence-electron chi connectivity index (χ3n) is 5.50. The lowest BCUT2D eigenvalue weighted by molar-refractivity contribution is 0.312. The molecule has 0 unspecified atom stereocenters. The highest BCUT2D eigenvalue weighted by molar-refractivity contribution is 7.88. The monoisotopic (exact) mass is 444 g/mol. The molecule has 1 saturated heterocycles. The topological polar surface area (TPSA) is 84.3 Å². The summed E-state index contributed by atoms with van der Waals surface area (Å²) in [5, 5.41) is 5.64. The highest BCUT2D eigenvalue weighted by Crippen LogP contribution is 2.15. The number of aromatic nitrogens is 2. The molecule has 1 N–H and O–H groups in total. The Morgan fingerprint density at radius 3 is 2.35 bits per heavy atom. The summed E-state index contributed by atoms with van der Waals surface area (Å²) in [4.78, 5) is 15.2. The van der Waals surface area contributed by atoms with Crippen LogP contribution < -0.4 is 10.3 Å². The van der Waals surface area contributed by atoms with Gasteiger partial charge in [-0.15, -0.1) is 0 Å². The molecule has 1 aliphatic heterocycles. The predicted octanol–water partition coefficient (Wildman–Crippen LogP) is 2.25. The lowest BCUT2D eigenvalue weighted by atomic mass is 10.1. The molecule has 9 heteroatoms. The Hall–Kier alpha value is -2.62. The Labute approximate surface area is 180 Å². The largest absolute Gasteiger partial charge is 0.301 e. The molecule has 164 valence electrons. The lowest BCUT2D eigenvalue weighted by Gasteiger charge is -2.16. The number of nitrogens with one attached hydrogen (secondary N) is 1. The molecule has 0 atom stereocenters. The van der Waals surface area contributed by atoms with Crippen LogP contribution in [0.2, 0.25) is 0 Å². The summed E-state index contributed by atoms with van der Waals surface area (Å²) in [7, 11) is -3.67. The number of hydrogen-bond donors (Lipinski definition) is 1. The minimum absolute atomic E-state index is 0.0337. The molecule has 0 bridgehead atoms. The summed E-state index contributed by atoms with van der Waals surface area (Å²) in [6, 6.07) is 12.5. The van der Waals surface area contributed by atoms with E-state index in [2.05, 4.69) is 14.7 Å². The maximum absolute atomic E-state index is 13.1. The van der Waals surface area contributed by atoms with Crippen molar-refractivity contribution in [3.05, 3.63) is 76.0 Å². The van der Waals surface area contributed by atoms with E-state index < -0.39 is 15.8 Å². The first kappa shape index (κ1) is 21.6. The normalized spacial score (nSPS) is 15.0. The van der Waals surface area contributed by atoms with Gasteiger partial charge in [-0.05, 0) is 49.7 Å². The van der Waals surface area contributed by atoms with Gasteiger partial charge in [-0.25, -0.2) is 22.2 Å². The van der Waals surface area contributed by atoms with Gasteiger partial charge < -0.3 is 4.90 Å². The van der Waals surface area contributed by atoms with E-state index in [0.29, 0.717) is 28.6 Å². The van der Waals surface area contributed by atoms with E-state index in [0.717, 1.165) is 19.6 Å². The van der Waals surface area contributed by atoms with E-state index in [4.69, 9.17) is 0 Å². The zero-order valence-corrected chi connectivity index (χ0v) is 17.9. The van der Waals surface area contributed by atoms with Gasteiger partial charge in [0.05, 0.1) is 29.9 Å². The molecule has 0 amide bonds. The molecule has 0 saturated carbocycles. The van der Waals surface area contributed by atoms with Crippen molar-refractivity contribution >= 4 is 20.8 Å². The van der Waals surface area contributed by atoms with Crippen molar-refractivity contribution in [1.29, 1.82) is 0 Å². The minimum Gasteiger partial charge on any atom is -0.301 e. The molecule has 2 aromatic carbocycles. The highest BCUT2D eigenvalue weighted by Gasteiger charge is 2.17. The second-order valence-corrected chi connectivity index (χ2v) is 9.58. The van der Waals surface area contributed by atoms with Crippen LogP contribution in [-0.4, -0.2) is 42.7 Å². The van der Waals surface area contributed by atoms with Crippen molar-refractivity contribution in [3.8, 4) is 0 Å². The summed E-state index contributed by atoms with van der Waals surface area (Å²) < 4.78 is 42.1. The van der Waals surface area contributed by atoms with E-state index in [-0.39, 0.29) is 17.9 Å². The second-order valence-electron chi connectivity index (χ2n) is 7.78. The van der Waals surface area contributed by atoms with Gasteiger partial charge in [-0.1, -0.05) is 30.3 Å². The van der Waals surface area contributed by atoms with Crippen molar-refractivity contribution in [2.45, 2.75) is 31.7 Å². The van der Waals surface area contributed by atoms with Crippen molar-refractivity contribution in [3.63, 3.8) is 0 Å².